The van der Waals surface area contributed by atoms with Gasteiger partial charge in [-0.2, -0.15) is 4.98 Å². The van der Waals surface area contributed by atoms with Crippen LogP contribution in [0.1, 0.15) is 19.2 Å². The number of nitrogens with zero attached hydrogens (tertiary/aromatic N) is 2. The Bertz CT molecular complexity index is 297. The number of rotatable bonds is 5. The number of carbonyl (C=O) groups excluding carboxylic acids is 1. The Morgan fingerprint density at radius 1 is 1.64 bits per heavy atom. The summed E-state index contributed by atoms with van der Waals surface area (Å²) >= 11 is 0. The van der Waals surface area contributed by atoms with Gasteiger partial charge in [0.2, 0.25) is 11.9 Å². The summed E-state index contributed by atoms with van der Waals surface area (Å²) in [6.45, 7) is 4.69. The summed E-state index contributed by atoms with van der Waals surface area (Å²) in [5.41, 5.74) is 0. The molecule has 0 fully saturated rings. The third-order valence-electron chi connectivity index (χ3n) is 1.53. The molecule has 1 aromatic rings. The van der Waals surface area contributed by atoms with Crippen LogP contribution in [0.15, 0.2) is 0 Å². The first-order valence-corrected chi connectivity index (χ1v) is 4.49. The first-order chi connectivity index (χ1) is 6.72. The van der Waals surface area contributed by atoms with Crippen LogP contribution in [0.4, 0.5) is 5.95 Å². The van der Waals surface area contributed by atoms with Crippen molar-refractivity contribution in [3.8, 4) is 0 Å². The van der Waals surface area contributed by atoms with Gasteiger partial charge in [0.25, 0.3) is 0 Å². The highest BCUT2D eigenvalue weighted by Crippen LogP contribution is 1.97. The summed E-state index contributed by atoms with van der Waals surface area (Å²) in [7, 11) is 0. The second-order valence-electron chi connectivity index (χ2n) is 2.74. The number of H-pyrrole nitrogens is 1. The Balaban J connectivity index is 2.27. The molecule has 0 atom stereocenters. The minimum atomic E-state index is -0.141. The van der Waals surface area contributed by atoms with Crippen molar-refractivity contribution < 1.29 is 9.53 Å². The largest absolute Gasteiger partial charge is 0.381 e. The number of aromatic nitrogens is 3. The highest BCUT2D eigenvalue weighted by atomic mass is 16.5. The van der Waals surface area contributed by atoms with Gasteiger partial charge >= 0.3 is 0 Å². The van der Waals surface area contributed by atoms with Crippen molar-refractivity contribution in [1.29, 1.82) is 0 Å². The van der Waals surface area contributed by atoms with Crippen molar-refractivity contribution in [3.63, 3.8) is 0 Å². The average Bonchev–Trinajstić information content (AvgIpc) is 2.52. The number of ether oxygens (including phenoxy) is 1. The van der Waals surface area contributed by atoms with Crippen LogP contribution in [0.5, 0.6) is 0 Å². The highest BCUT2D eigenvalue weighted by molar-refractivity contribution is 5.88. The zero-order valence-electron chi connectivity index (χ0n) is 8.33. The second-order valence-corrected chi connectivity index (χ2v) is 2.74. The van der Waals surface area contributed by atoms with Gasteiger partial charge in [-0.3, -0.25) is 15.2 Å². The third-order valence-corrected chi connectivity index (χ3v) is 1.53. The van der Waals surface area contributed by atoms with Gasteiger partial charge in [0.05, 0.1) is 13.0 Å². The Morgan fingerprint density at radius 3 is 3.00 bits per heavy atom. The molecule has 78 valence electrons. The molecular formula is C8H14N4O2. The van der Waals surface area contributed by atoms with E-state index in [0.29, 0.717) is 31.4 Å². The van der Waals surface area contributed by atoms with Gasteiger partial charge in [-0.25, -0.2) is 0 Å². The number of carbonyl (C=O) groups is 1. The Labute approximate surface area is 82.1 Å². The normalized spacial score (nSPS) is 10.1. The number of nitrogens with one attached hydrogen (secondary N) is 2. The maximum Gasteiger partial charge on any atom is 0.248 e. The maximum atomic E-state index is 11.2. The molecule has 2 N–H and O–H groups in total. The molecule has 0 saturated heterocycles. The molecule has 1 amide bonds. The molecule has 0 aliphatic carbocycles. The molecule has 0 aliphatic heterocycles. The number of amides is 1. The summed E-state index contributed by atoms with van der Waals surface area (Å²) in [6, 6.07) is 0. The lowest BCUT2D eigenvalue weighted by atomic mass is 10.4. The molecule has 0 spiro atoms. The SMILES string of the molecule is CCOCCC(=O)Nc1n[nH]c(C)n1. The zero-order chi connectivity index (χ0) is 10.4. The van der Waals surface area contributed by atoms with E-state index in [9.17, 15) is 4.79 Å². The zero-order valence-corrected chi connectivity index (χ0v) is 8.33. The van der Waals surface area contributed by atoms with E-state index < -0.39 is 0 Å². The Morgan fingerprint density at radius 2 is 2.43 bits per heavy atom. The quantitative estimate of drug-likeness (QED) is 0.674. The van der Waals surface area contributed by atoms with Crippen molar-refractivity contribution in [2.45, 2.75) is 20.3 Å². The smallest absolute Gasteiger partial charge is 0.248 e. The summed E-state index contributed by atoms with van der Waals surface area (Å²) < 4.78 is 5.04. The van der Waals surface area contributed by atoms with Gasteiger partial charge in [0.15, 0.2) is 0 Å². The van der Waals surface area contributed by atoms with Crippen molar-refractivity contribution in [1.82, 2.24) is 15.2 Å². The lowest BCUT2D eigenvalue weighted by Gasteiger charge is -2.00. The van der Waals surface area contributed by atoms with Crippen molar-refractivity contribution >= 4 is 11.9 Å². The highest BCUT2D eigenvalue weighted by Gasteiger charge is 2.05. The van der Waals surface area contributed by atoms with Crippen LogP contribution in [0.3, 0.4) is 0 Å². The molecule has 0 unspecified atom stereocenters. The predicted octanol–water partition coefficient (Wildman–Crippen LogP) is 0.478. The first kappa shape index (κ1) is 10.6. The van der Waals surface area contributed by atoms with Crippen LogP contribution >= 0.6 is 0 Å². The molecule has 6 heteroatoms. The van der Waals surface area contributed by atoms with E-state index >= 15 is 0 Å². The predicted molar refractivity (Wildman–Crippen MR) is 50.9 cm³/mol. The Kier molecular flexibility index (Phi) is 4.06. The van der Waals surface area contributed by atoms with Gasteiger partial charge in [-0.15, -0.1) is 5.10 Å². The minimum absolute atomic E-state index is 0.141. The molecule has 0 aromatic carbocycles. The summed E-state index contributed by atoms with van der Waals surface area (Å²) in [6.07, 6.45) is 0.321. The number of aryl methyl sites for hydroxylation is 1. The van der Waals surface area contributed by atoms with E-state index in [0.717, 1.165) is 0 Å². The minimum Gasteiger partial charge on any atom is -0.381 e. The van der Waals surface area contributed by atoms with Crippen LogP contribution in [0, 0.1) is 6.92 Å². The van der Waals surface area contributed by atoms with Gasteiger partial charge in [-0.05, 0) is 13.8 Å². The van der Waals surface area contributed by atoms with Crippen LogP contribution in [-0.4, -0.2) is 34.3 Å². The van der Waals surface area contributed by atoms with Gasteiger partial charge < -0.3 is 4.74 Å². The second kappa shape index (κ2) is 5.33. The van der Waals surface area contributed by atoms with Crippen LogP contribution in [-0.2, 0) is 9.53 Å². The van der Waals surface area contributed by atoms with E-state index in [-0.39, 0.29) is 5.91 Å². The van der Waals surface area contributed by atoms with E-state index in [4.69, 9.17) is 4.74 Å². The molecule has 0 bridgehead atoms. The van der Waals surface area contributed by atoms with Crippen molar-refractivity contribution in [2.75, 3.05) is 18.5 Å². The van der Waals surface area contributed by atoms with Gasteiger partial charge in [0.1, 0.15) is 5.82 Å². The maximum absolute atomic E-state index is 11.2. The van der Waals surface area contributed by atoms with E-state index in [1.807, 2.05) is 6.92 Å². The van der Waals surface area contributed by atoms with Crippen LogP contribution < -0.4 is 5.32 Å². The number of aromatic amines is 1. The number of hydrogen-bond donors (Lipinski definition) is 2. The topological polar surface area (TPSA) is 79.9 Å². The van der Waals surface area contributed by atoms with Gasteiger partial charge in [0, 0.05) is 6.61 Å². The van der Waals surface area contributed by atoms with E-state index in [1.165, 1.54) is 0 Å². The molecule has 0 radical (unpaired) electrons. The average molecular weight is 198 g/mol. The summed E-state index contributed by atoms with van der Waals surface area (Å²) in [5, 5.41) is 8.96. The molecule has 0 aliphatic rings. The lowest BCUT2D eigenvalue weighted by molar-refractivity contribution is -0.117. The summed E-state index contributed by atoms with van der Waals surface area (Å²) in [4.78, 5) is 15.2. The fourth-order valence-corrected chi connectivity index (χ4v) is 0.895. The van der Waals surface area contributed by atoms with Crippen molar-refractivity contribution in [3.05, 3.63) is 5.82 Å². The van der Waals surface area contributed by atoms with Crippen molar-refractivity contribution in [2.24, 2.45) is 0 Å². The molecule has 1 rings (SSSR count). The Hall–Kier alpha value is -1.43. The molecule has 0 saturated carbocycles. The van der Waals surface area contributed by atoms with E-state index in [1.54, 1.807) is 6.92 Å². The molecular weight excluding hydrogens is 184 g/mol. The van der Waals surface area contributed by atoms with Crippen LogP contribution in [0.2, 0.25) is 0 Å². The molecule has 6 nitrogen and oxygen atoms in total. The standard InChI is InChI=1S/C8H14N4O2/c1-3-14-5-4-7(13)10-8-9-6(2)11-12-8/h3-5H2,1-2H3,(H2,9,10,11,12,13). The molecule has 1 aromatic heterocycles. The fourth-order valence-electron chi connectivity index (χ4n) is 0.895. The molecule has 14 heavy (non-hydrogen) atoms. The van der Waals surface area contributed by atoms with Crippen LogP contribution in [0.25, 0.3) is 0 Å². The monoisotopic (exact) mass is 198 g/mol. The first-order valence-electron chi connectivity index (χ1n) is 4.49. The fraction of sp³-hybridized carbons (Fsp3) is 0.625. The van der Waals surface area contributed by atoms with E-state index in [2.05, 4.69) is 20.5 Å². The lowest BCUT2D eigenvalue weighted by Crippen LogP contribution is -2.15. The van der Waals surface area contributed by atoms with Gasteiger partial charge in [-0.1, -0.05) is 0 Å². The molecule has 1 heterocycles. The summed E-state index contributed by atoms with van der Waals surface area (Å²) in [5.74, 6) is 0.839. The number of anilines is 1. The third kappa shape index (κ3) is 3.53. The number of hydrogen-bond acceptors (Lipinski definition) is 4.